The summed E-state index contributed by atoms with van der Waals surface area (Å²) in [5.41, 5.74) is 0.854. The van der Waals surface area contributed by atoms with Gasteiger partial charge in [-0.05, 0) is 62.7 Å². The molecule has 4 heterocycles. The highest BCUT2D eigenvalue weighted by molar-refractivity contribution is 7.09. The lowest BCUT2D eigenvalue weighted by molar-refractivity contribution is -0.146. The Bertz CT molecular complexity index is 916. The van der Waals surface area contributed by atoms with E-state index in [1.807, 2.05) is 17.2 Å². The normalized spacial score (nSPS) is 30.7. The van der Waals surface area contributed by atoms with Crippen LogP contribution in [0, 0.1) is 30.6 Å². The molecule has 35 heavy (non-hydrogen) atoms. The van der Waals surface area contributed by atoms with Crippen LogP contribution < -0.4 is 5.32 Å². The molecular weight excluding hydrogens is 460 g/mol. The quantitative estimate of drug-likeness (QED) is 0.682. The summed E-state index contributed by atoms with van der Waals surface area (Å²) in [4.78, 5) is 47.9. The molecule has 0 aromatic carbocycles. The summed E-state index contributed by atoms with van der Waals surface area (Å²) in [6.07, 6.45) is 5.94. The molecule has 0 radical (unpaired) electrons. The molecule has 3 amide bonds. The van der Waals surface area contributed by atoms with Crippen molar-refractivity contribution < 1.29 is 14.4 Å². The zero-order valence-corrected chi connectivity index (χ0v) is 22.6. The maximum atomic E-state index is 13.5. The van der Waals surface area contributed by atoms with E-state index in [1.54, 1.807) is 11.3 Å². The molecule has 3 aliphatic rings. The van der Waals surface area contributed by atoms with Crippen LogP contribution in [0.15, 0.2) is 5.38 Å². The molecule has 7 nitrogen and oxygen atoms in total. The summed E-state index contributed by atoms with van der Waals surface area (Å²) >= 11 is 1.58. The predicted octanol–water partition coefficient (Wildman–Crippen LogP) is 3.80. The van der Waals surface area contributed by atoms with Crippen molar-refractivity contribution in [2.45, 2.75) is 91.1 Å². The molecule has 3 saturated heterocycles. The van der Waals surface area contributed by atoms with Gasteiger partial charge in [0, 0.05) is 49.9 Å². The van der Waals surface area contributed by atoms with Gasteiger partial charge in [0.05, 0.1) is 17.1 Å². The van der Waals surface area contributed by atoms with Crippen molar-refractivity contribution in [3.63, 3.8) is 0 Å². The molecule has 0 aliphatic carbocycles. The third-order valence-corrected chi connectivity index (χ3v) is 9.01. The van der Waals surface area contributed by atoms with Crippen LogP contribution in [0.2, 0.25) is 0 Å². The van der Waals surface area contributed by atoms with Gasteiger partial charge in [-0.3, -0.25) is 14.4 Å². The molecule has 1 N–H and O–H groups in total. The molecule has 1 aromatic rings. The van der Waals surface area contributed by atoms with Gasteiger partial charge in [0.25, 0.3) is 0 Å². The van der Waals surface area contributed by atoms with Crippen molar-refractivity contribution in [3.05, 3.63) is 16.1 Å². The maximum Gasteiger partial charge on any atom is 0.228 e. The number of fused-ring (bicyclic) bond motifs is 4. The summed E-state index contributed by atoms with van der Waals surface area (Å²) in [5.74, 6) is 1.81. The molecule has 2 bridgehead atoms. The van der Waals surface area contributed by atoms with Crippen molar-refractivity contribution in [2.75, 3.05) is 19.6 Å². The highest BCUT2D eigenvalue weighted by Crippen LogP contribution is 2.36. The lowest BCUT2D eigenvalue weighted by atomic mass is 9.77. The number of piperidine rings is 2. The number of nitrogens with zero attached hydrogens (tertiary/aromatic N) is 3. The van der Waals surface area contributed by atoms with Crippen molar-refractivity contribution in [2.24, 2.45) is 23.7 Å². The Hall–Kier alpha value is -1.96. The molecule has 1 aromatic heterocycles. The number of nitrogens with one attached hydrogen (secondary N) is 1. The third-order valence-electron chi connectivity index (χ3n) is 8.19. The van der Waals surface area contributed by atoms with Crippen molar-refractivity contribution >= 4 is 29.1 Å². The highest BCUT2D eigenvalue weighted by atomic mass is 32.1. The van der Waals surface area contributed by atoms with E-state index in [4.69, 9.17) is 0 Å². The number of aromatic nitrogens is 1. The van der Waals surface area contributed by atoms with Gasteiger partial charge < -0.3 is 15.1 Å². The molecule has 3 aliphatic heterocycles. The Morgan fingerprint density at radius 2 is 2.00 bits per heavy atom. The van der Waals surface area contributed by atoms with E-state index >= 15 is 0 Å². The Morgan fingerprint density at radius 3 is 2.71 bits per heavy atom. The molecule has 8 heteroatoms. The fourth-order valence-electron chi connectivity index (χ4n) is 6.27. The molecule has 3 fully saturated rings. The molecule has 0 spiro atoms. The summed E-state index contributed by atoms with van der Waals surface area (Å²) in [7, 11) is 0. The van der Waals surface area contributed by atoms with Crippen LogP contribution in [0.4, 0.5) is 0 Å². The standard InChI is InChI=1S/C27H42N4O3S/c1-17(2)23-9-8-18(3)10-27(34)31-14-20-11-21(24(31)6-5-7-25(32)29-23)15-30(13-20)26(33)12-22-16-35-19(4)28-22/h16-18,20-21,23-24H,5-15H2,1-4H3,(H,29,32)/t18-,20+,21+,23+,24+/m1/s1. The minimum absolute atomic E-state index is 0.109. The summed E-state index contributed by atoms with van der Waals surface area (Å²) in [5, 5.41) is 6.22. The second-order valence-corrected chi connectivity index (χ2v) is 12.6. The Kier molecular flexibility index (Phi) is 8.50. The predicted molar refractivity (Wildman–Crippen MR) is 138 cm³/mol. The number of hydrogen-bond acceptors (Lipinski definition) is 5. The van der Waals surface area contributed by atoms with Gasteiger partial charge in [-0.25, -0.2) is 4.98 Å². The van der Waals surface area contributed by atoms with Crippen LogP contribution >= 0.6 is 11.3 Å². The first-order chi connectivity index (χ1) is 16.7. The van der Waals surface area contributed by atoms with Crippen LogP contribution in [-0.2, 0) is 20.8 Å². The molecule has 5 atom stereocenters. The zero-order chi connectivity index (χ0) is 25.1. The van der Waals surface area contributed by atoms with Crippen molar-refractivity contribution in [1.82, 2.24) is 20.1 Å². The minimum Gasteiger partial charge on any atom is -0.353 e. The van der Waals surface area contributed by atoms with Crippen LogP contribution in [0.5, 0.6) is 0 Å². The molecule has 0 saturated carbocycles. The first-order valence-corrected chi connectivity index (χ1v) is 14.3. The average molecular weight is 503 g/mol. The van der Waals surface area contributed by atoms with Gasteiger partial charge in [-0.1, -0.05) is 20.8 Å². The van der Waals surface area contributed by atoms with Crippen LogP contribution in [-0.4, -0.2) is 64.2 Å². The Morgan fingerprint density at radius 1 is 1.20 bits per heavy atom. The summed E-state index contributed by atoms with van der Waals surface area (Å²) in [6, 6.07) is 0.279. The number of rotatable bonds is 3. The van der Waals surface area contributed by atoms with E-state index < -0.39 is 0 Å². The van der Waals surface area contributed by atoms with E-state index in [0.717, 1.165) is 55.9 Å². The van der Waals surface area contributed by atoms with Crippen LogP contribution in [0.3, 0.4) is 0 Å². The Balaban J connectivity index is 1.46. The fourth-order valence-corrected chi connectivity index (χ4v) is 6.88. The van der Waals surface area contributed by atoms with Gasteiger partial charge >= 0.3 is 0 Å². The molecule has 0 unspecified atom stereocenters. The number of likely N-dealkylation sites (tertiary alicyclic amines) is 1. The van der Waals surface area contributed by atoms with Gasteiger partial charge in [0.2, 0.25) is 17.7 Å². The first-order valence-electron chi connectivity index (χ1n) is 13.5. The number of thiazole rings is 1. The zero-order valence-electron chi connectivity index (χ0n) is 21.8. The minimum atomic E-state index is 0.109. The van der Waals surface area contributed by atoms with E-state index in [0.29, 0.717) is 43.6 Å². The SMILES string of the molecule is Cc1nc(CC(=O)N2C[C@@H]3C[C@@H](C2)[C@@H]2CCCC(=O)N[C@H](C(C)C)CC[C@@H](C)CC(=O)N2C3)cs1. The maximum absolute atomic E-state index is 13.5. The average Bonchev–Trinajstić information content (AvgIpc) is 3.21. The van der Waals surface area contributed by atoms with Gasteiger partial charge in [0.1, 0.15) is 0 Å². The second kappa shape index (κ2) is 11.4. The molecular formula is C27H42N4O3S. The largest absolute Gasteiger partial charge is 0.353 e. The summed E-state index contributed by atoms with van der Waals surface area (Å²) < 4.78 is 0. The van der Waals surface area contributed by atoms with E-state index in [-0.39, 0.29) is 35.7 Å². The number of hydrogen-bond donors (Lipinski definition) is 1. The Labute approximate surface area is 214 Å². The second-order valence-electron chi connectivity index (χ2n) is 11.5. The first kappa shape index (κ1) is 26.1. The van der Waals surface area contributed by atoms with Gasteiger partial charge in [-0.2, -0.15) is 0 Å². The topological polar surface area (TPSA) is 82.6 Å². The van der Waals surface area contributed by atoms with Gasteiger partial charge in [0.15, 0.2) is 0 Å². The number of carbonyl (C=O) groups excluding carboxylic acids is 3. The number of carbonyl (C=O) groups is 3. The third kappa shape index (κ3) is 6.63. The number of amides is 3. The van der Waals surface area contributed by atoms with E-state index in [9.17, 15) is 14.4 Å². The molecule has 4 rings (SSSR count). The highest BCUT2D eigenvalue weighted by Gasteiger charge is 2.43. The lowest BCUT2D eigenvalue weighted by Crippen LogP contribution is -2.60. The van der Waals surface area contributed by atoms with Crippen molar-refractivity contribution in [3.8, 4) is 0 Å². The lowest BCUT2D eigenvalue weighted by Gasteiger charge is -2.51. The van der Waals surface area contributed by atoms with Crippen LogP contribution in [0.25, 0.3) is 0 Å². The van der Waals surface area contributed by atoms with Crippen molar-refractivity contribution in [1.29, 1.82) is 0 Å². The van der Waals surface area contributed by atoms with Gasteiger partial charge in [-0.15, -0.1) is 11.3 Å². The van der Waals surface area contributed by atoms with E-state index in [2.05, 4.69) is 36.0 Å². The number of aryl methyl sites for hydroxylation is 1. The van der Waals surface area contributed by atoms with E-state index in [1.165, 1.54) is 0 Å². The summed E-state index contributed by atoms with van der Waals surface area (Å²) in [6.45, 7) is 10.6. The van der Waals surface area contributed by atoms with Crippen LogP contribution in [0.1, 0.15) is 76.4 Å². The monoisotopic (exact) mass is 502 g/mol. The molecule has 194 valence electrons. The smallest absolute Gasteiger partial charge is 0.228 e. The fraction of sp³-hybridized carbons (Fsp3) is 0.778.